The van der Waals surface area contributed by atoms with Gasteiger partial charge in [-0.2, -0.15) is 5.10 Å². The monoisotopic (exact) mass is 383 g/mol. The minimum Gasteiger partial charge on any atom is -0.326 e. The standard InChI is InChI=1S/C19H18BrN3O/c1-14-11-16(8-9-18(14)20)22-19(24)10-7-15-12-21-23(13-15)17-5-3-2-4-6-17/h2-6,8-9,11-13H,7,10H2,1H3,(H,22,24). The number of hydrogen-bond acceptors (Lipinski definition) is 2. The summed E-state index contributed by atoms with van der Waals surface area (Å²) in [7, 11) is 0. The second kappa shape index (κ2) is 7.45. The molecule has 0 fully saturated rings. The molecule has 2 aromatic carbocycles. The number of carbonyl (C=O) groups is 1. The lowest BCUT2D eigenvalue weighted by molar-refractivity contribution is -0.116. The minimum atomic E-state index is 0.00387. The molecule has 0 radical (unpaired) electrons. The smallest absolute Gasteiger partial charge is 0.224 e. The highest BCUT2D eigenvalue weighted by molar-refractivity contribution is 9.10. The number of aromatic nitrogens is 2. The first kappa shape index (κ1) is 16.5. The molecule has 1 aromatic heterocycles. The highest BCUT2D eigenvalue weighted by Crippen LogP contribution is 2.20. The molecule has 3 aromatic rings. The molecule has 24 heavy (non-hydrogen) atoms. The topological polar surface area (TPSA) is 46.9 Å². The maximum atomic E-state index is 12.1. The summed E-state index contributed by atoms with van der Waals surface area (Å²) in [5, 5.41) is 7.28. The Bertz CT molecular complexity index is 843. The molecule has 0 aliphatic carbocycles. The van der Waals surface area contributed by atoms with E-state index in [1.165, 1.54) is 0 Å². The highest BCUT2D eigenvalue weighted by Gasteiger charge is 2.06. The third kappa shape index (κ3) is 4.11. The Hall–Kier alpha value is -2.40. The van der Waals surface area contributed by atoms with E-state index in [0.29, 0.717) is 12.8 Å². The molecule has 0 spiro atoms. The molecule has 0 bridgehead atoms. The zero-order valence-corrected chi connectivity index (χ0v) is 15.0. The van der Waals surface area contributed by atoms with Gasteiger partial charge in [0.2, 0.25) is 5.91 Å². The third-order valence-corrected chi connectivity index (χ3v) is 4.63. The lowest BCUT2D eigenvalue weighted by Crippen LogP contribution is -2.12. The summed E-state index contributed by atoms with van der Waals surface area (Å²) in [5.41, 5.74) is 3.97. The van der Waals surface area contributed by atoms with Gasteiger partial charge in [-0.25, -0.2) is 4.68 Å². The van der Waals surface area contributed by atoms with Crippen LogP contribution in [0.1, 0.15) is 17.5 Å². The van der Waals surface area contributed by atoms with Crippen molar-refractivity contribution in [1.82, 2.24) is 9.78 Å². The van der Waals surface area contributed by atoms with Gasteiger partial charge in [-0.15, -0.1) is 0 Å². The molecule has 3 rings (SSSR count). The van der Waals surface area contributed by atoms with E-state index in [-0.39, 0.29) is 5.91 Å². The molecule has 5 heteroatoms. The van der Waals surface area contributed by atoms with Crippen LogP contribution in [0.4, 0.5) is 5.69 Å². The van der Waals surface area contributed by atoms with Crippen molar-refractivity contribution in [1.29, 1.82) is 0 Å². The Kier molecular flexibility index (Phi) is 5.11. The number of carbonyl (C=O) groups excluding carboxylic acids is 1. The maximum absolute atomic E-state index is 12.1. The fourth-order valence-electron chi connectivity index (χ4n) is 2.41. The van der Waals surface area contributed by atoms with Gasteiger partial charge >= 0.3 is 0 Å². The largest absolute Gasteiger partial charge is 0.326 e. The predicted octanol–water partition coefficient (Wildman–Crippen LogP) is 4.51. The number of halogens is 1. The number of amides is 1. The number of benzene rings is 2. The van der Waals surface area contributed by atoms with Crippen molar-refractivity contribution in [2.75, 3.05) is 5.32 Å². The number of rotatable bonds is 5. The van der Waals surface area contributed by atoms with Crippen molar-refractivity contribution in [3.63, 3.8) is 0 Å². The summed E-state index contributed by atoms with van der Waals surface area (Å²) < 4.78 is 2.86. The van der Waals surface area contributed by atoms with E-state index in [0.717, 1.165) is 27.0 Å². The van der Waals surface area contributed by atoms with Crippen molar-refractivity contribution in [2.45, 2.75) is 19.8 Å². The second-order valence-electron chi connectivity index (χ2n) is 5.64. The van der Waals surface area contributed by atoms with Crippen LogP contribution in [0.3, 0.4) is 0 Å². The first-order chi connectivity index (χ1) is 11.6. The van der Waals surface area contributed by atoms with E-state index in [1.54, 1.807) is 0 Å². The number of nitrogens with zero attached hydrogens (tertiary/aromatic N) is 2. The molecule has 0 aliphatic rings. The summed E-state index contributed by atoms with van der Waals surface area (Å²) in [4.78, 5) is 12.1. The molecule has 0 saturated carbocycles. The summed E-state index contributed by atoms with van der Waals surface area (Å²) >= 11 is 3.46. The lowest BCUT2D eigenvalue weighted by Gasteiger charge is -2.06. The van der Waals surface area contributed by atoms with Gasteiger partial charge in [-0.1, -0.05) is 34.1 Å². The zero-order valence-electron chi connectivity index (χ0n) is 13.4. The first-order valence-corrected chi connectivity index (χ1v) is 8.56. The average molecular weight is 384 g/mol. The summed E-state index contributed by atoms with van der Waals surface area (Å²) in [6.07, 6.45) is 4.86. The molecule has 1 heterocycles. The molecule has 0 unspecified atom stereocenters. The van der Waals surface area contributed by atoms with Crippen LogP contribution in [0.25, 0.3) is 5.69 Å². The second-order valence-corrected chi connectivity index (χ2v) is 6.50. The molecule has 1 amide bonds. The van der Waals surface area contributed by atoms with Crippen molar-refractivity contribution in [2.24, 2.45) is 0 Å². The number of para-hydroxylation sites is 1. The normalized spacial score (nSPS) is 10.6. The van der Waals surface area contributed by atoms with Crippen LogP contribution in [-0.2, 0) is 11.2 Å². The minimum absolute atomic E-state index is 0.00387. The van der Waals surface area contributed by atoms with Crippen molar-refractivity contribution < 1.29 is 4.79 Å². The van der Waals surface area contributed by atoms with Gasteiger partial charge in [0.25, 0.3) is 0 Å². The van der Waals surface area contributed by atoms with E-state index >= 15 is 0 Å². The van der Waals surface area contributed by atoms with Gasteiger partial charge < -0.3 is 5.32 Å². The Morgan fingerprint density at radius 3 is 2.75 bits per heavy atom. The van der Waals surface area contributed by atoms with Crippen LogP contribution < -0.4 is 5.32 Å². The van der Waals surface area contributed by atoms with Gasteiger partial charge in [0.05, 0.1) is 11.9 Å². The van der Waals surface area contributed by atoms with E-state index in [2.05, 4.69) is 26.3 Å². The summed E-state index contributed by atoms with van der Waals surface area (Å²) in [6.45, 7) is 2.00. The first-order valence-electron chi connectivity index (χ1n) is 7.77. The van der Waals surface area contributed by atoms with Crippen LogP contribution in [-0.4, -0.2) is 15.7 Å². The molecule has 0 saturated heterocycles. The fourth-order valence-corrected chi connectivity index (χ4v) is 2.66. The zero-order chi connectivity index (χ0) is 16.9. The van der Waals surface area contributed by atoms with Crippen molar-refractivity contribution >= 4 is 27.5 Å². The van der Waals surface area contributed by atoms with Gasteiger partial charge in [0.15, 0.2) is 0 Å². The quantitative estimate of drug-likeness (QED) is 0.704. The van der Waals surface area contributed by atoms with Crippen LogP contribution >= 0.6 is 15.9 Å². The van der Waals surface area contributed by atoms with Crippen molar-refractivity contribution in [3.8, 4) is 5.69 Å². The molecule has 0 aliphatic heterocycles. The van der Waals surface area contributed by atoms with E-state index < -0.39 is 0 Å². The Morgan fingerprint density at radius 1 is 1.21 bits per heavy atom. The van der Waals surface area contributed by atoms with E-state index in [9.17, 15) is 4.79 Å². The van der Waals surface area contributed by atoms with Crippen LogP contribution in [0.2, 0.25) is 0 Å². The number of anilines is 1. The Balaban J connectivity index is 1.56. The van der Waals surface area contributed by atoms with Gasteiger partial charge in [0, 0.05) is 22.8 Å². The SMILES string of the molecule is Cc1cc(NC(=O)CCc2cnn(-c3ccccc3)c2)ccc1Br. The number of nitrogens with one attached hydrogen (secondary N) is 1. The van der Waals surface area contributed by atoms with Gasteiger partial charge in [-0.3, -0.25) is 4.79 Å². The number of hydrogen-bond donors (Lipinski definition) is 1. The molecule has 4 nitrogen and oxygen atoms in total. The lowest BCUT2D eigenvalue weighted by atomic mass is 10.2. The molecule has 122 valence electrons. The highest BCUT2D eigenvalue weighted by atomic mass is 79.9. The fraction of sp³-hybridized carbons (Fsp3) is 0.158. The maximum Gasteiger partial charge on any atom is 0.224 e. The van der Waals surface area contributed by atoms with E-state index in [1.807, 2.05) is 72.5 Å². The van der Waals surface area contributed by atoms with Crippen molar-refractivity contribution in [3.05, 3.63) is 76.5 Å². The summed E-state index contributed by atoms with van der Waals surface area (Å²) in [5.74, 6) is 0.00387. The molecule has 0 atom stereocenters. The summed E-state index contributed by atoms with van der Waals surface area (Å²) in [6, 6.07) is 15.7. The van der Waals surface area contributed by atoms with Crippen LogP contribution in [0.5, 0.6) is 0 Å². The molecular formula is C19H18BrN3O. The van der Waals surface area contributed by atoms with Crippen LogP contribution in [0.15, 0.2) is 65.4 Å². The van der Waals surface area contributed by atoms with Crippen LogP contribution in [0, 0.1) is 6.92 Å². The Labute approximate surface area is 149 Å². The molecule has 1 N–H and O–H groups in total. The van der Waals surface area contributed by atoms with Gasteiger partial charge in [-0.05, 0) is 54.8 Å². The predicted molar refractivity (Wildman–Crippen MR) is 99.4 cm³/mol. The third-order valence-electron chi connectivity index (χ3n) is 3.74. The molecular weight excluding hydrogens is 366 g/mol. The van der Waals surface area contributed by atoms with Gasteiger partial charge in [0.1, 0.15) is 0 Å². The Morgan fingerprint density at radius 2 is 2.00 bits per heavy atom. The number of aryl methyl sites for hydroxylation is 2. The van der Waals surface area contributed by atoms with E-state index in [4.69, 9.17) is 0 Å². The average Bonchev–Trinajstić information content (AvgIpc) is 3.06.